The normalized spacial score (nSPS) is 15.1. The maximum absolute atomic E-state index is 12.4. The lowest BCUT2D eigenvalue weighted by Gasteiger charge is -2.30. The number of aryl methyl sites for hydroxylation is 1. The number of carbonyl (C=O) groups is 2. The molecule has 3 rings (SSSR count). The number of piperidine rings is 1. The van der Waals surface area contributed by atoms with Crippen molar-refractivity contribution in [3.8, 4) is 0 Å². The van der Waals surface area contributed by atoms with Gasteiger partial charge in [-0.2, -0.15) is 0 Å². The summed E-state index contributed by atoms with van der Waals surface area (Å²) in [7, 11) is 0. The standard InChI is InChI=1S/C23H26N2O2/c1-18-7-5-6-10-20(18)11-12-22(26)25-15-13-21(14-16-25)23(27)24-17-19-8-3-2-4-9-19/h2-12,21H,13-17H2,1H3,(H,24,27)/b12-11+. The fourth-order valence-electron chi connectivity index (χ4n) is 3.33. The van der Waals surface area contributed by atoms with Crippen LogP contribution in [0.25, 0.3) is 6.08 Å². The van der Waals surface area contributed by atoms with Crippen LogP contribution in [0.15, 0.2) is 60.7 Å². The minimum absolute atomic E-state index is 0.0152. The van der Waals surface area contributed by atoms with Crippen LogP contribution in [-0.2, 0) is 16.1 Å². The second-order valence-corrected chi connectivity index (χ2v) is 6.99. The van der Waals surface area contributed by atoms with E-state index in [-0.39, 0.29) is 17.7 Å². The molecule has 2 aromatic carbocycles. The summed E-state index contributed by atoms with van der Waals surface area (Å²) in [6, 6.07) is 17.9. The molecular weight excluding hydrogens is 336 g/mol. The van der Waals surface area contributed by atoms with Gasteiger partial charge >= 0.3 is 0 Å². The highest BCUT2D eigenvalue weighted by molar-refractivity contribution is 5.92. The van der Waals surface area contributed by atoms with Crippen LogP contribution in [0, 0.1) is 12.8 Å². The van der Waals surface area contributed by atoms with E-state index in [2.05, 4.69) is 5.32 Å². The van der Waals surface area contributed by atoms with Crippen LogP contribution in [0.5, 0.6) is 0 Å². The SMILES string of the molecule is Cc1ccccc1/C=C/C(=O)N1CCC(C(=O)NCc2ccccc2)CC1. The first-order chi connectivity index (χ1) is 13.1. The summed E-state index contributed by atoms with van der Waals surface area (Å²) in [5, 5.41) is 3.01. The first kappa shape index (κ1) is 18.9. The molecule has 1 aliphatic rings. The zero-order chi connectivity index (χ0) is 19.1. The quantitative estimate of drug-likeness (QED) is 0.827. The third-order valence-corrected chi connectivity index (χ3v) is 5.08. The molecule has 0 aliphatic carbocycles. The van der Waals surface area contributed by atoms with Crippen LogP contribution in [0.2, 0.25) is 0 Å². The summed E-state index contributed by atoms with van der Waals surface area (Å²) in [4.78, 5) is 26.6. The fraction of sp³-hybridized carbons (Fsp3) is 0.304. The largest absolute Gasteiger partial charge is 0.352 e. The number of nitrogens with one attached hydrogen (secondary N) is 1. The minimum atomic E-state index is -0.0156. The van der Waals surface area contributed by atoms with E-state index >= 15 is 0 Å². The van der Waals surface area contributed by atoms with Crippen molar-refractivity contribution in [3.63, 3.8) is 0 Å². The van der Waals surface area contributed by atoms with Crippen LogP contribution in [0.3, 0.4) is 0 Å². The van der Waals surface area contributed by atoms with Crippen LogP contribution >= 0.6 is 0 Å². The minimum Gasteiger partial charge on any atom is -0.352 e. The van der Waals surface area contributed by atoms with Gasteiger partial charge in [0.1, 0.15) is 0 Å². The zero-order valence-electron chi connectivity index (χ0n) is 15.7. The highest BCUT2D eigenvalue weighted by Gasteiger charge is 2.26. The summed E-state index contributed by atoms with van der Waals surface area (Å²) in [5.74, 6) is 0.0842. The third-order valence-electron chi connectivity index (χ3n) is 5.08. The molecule has 0 atom stereocenters. The highest BCUT2D eigenvalue weighted by atomic mass is 16.2. The van der Waals surface area contributed by atoms with Gasteiger partial charge < -0.3 is 10.2 Å². The maximum atomic E-state index is 12.4. The number of hydrogen-bond acceptors (Lipinski definition) is 2. The molecule has 1 heterocycles. The van der Waals surface area contributed by atoms with Crippen LogP contribution < -0.4 is 5.32 Å². The lowest BCUT2D eigenvalue weighted by Crippen LogP contribution is -2.42. The van der Waals surface area contributed by atoms with Crippen LogP contribution in [-0.4, -0.2) is 29.8 Å². The van der Waals surface area contributed by atoms with Crippen molar-refractivity contribution in [1.29, 1.82) is 0 Å². The molecule has 0 bridgehead atoms. The van der Waals surface area contributed by atoms with E-state index < -0.39 is 0 Å². The van der Waals surface area contributed by atoms with Crippen molar-refractivity contribution in [2.45, 2.75) is 26.3 Å². The van der Waals surface area contributed by atoms with Gasteiger partial charge in [-0.25, -0.2) is 0 Å². The Hall–Kier alpha value is -2.88. The Balaban J connectivity index is 1.46. The third kappa shape index (κ3) is 5.30. The smallest absolute Gasteiger partial charge is 0.246 e. The maximum Gasteiger partial charge on any atom is 0.246 e. The van der Waals surface area contributed by atoms with E-state index in [1.54, 1.807) is 6.08 Å². The molecule has 0 unspecified atom stereocenters. The number of nitrogens with zero attached hydrogens (tertiary/aromatic N) is 1. The number of carbonyl (C=O) groups excluding carboxylic acids is 2. The number of likely N-dealkylation sites (tertiary alicyclic amines) is 1. The Morgan fingerprint density at radius 2 is 1.70 bits per heavy atom. The molecule has 0 radical (unpaired) electrons. The van der Waals surface area contributed by atoms with Gasteiger partial charge in [0.15, 0.2) is 0 Å². The molecule has 1 aliphatic heterocycles. The topological polar surface area (TPSA) is 49.4 Å². The van der Waals surface area contributed by atoms with Gasteiger partial charge in [-0.15, -0.1) is 0 Å². The van der Waals surface area contributed by atoms with Gasteiger partial charge in [0, 0.05) is 31.6 Å². The van der Waals surface area contributed by atoms with Gasteiger partial charge in [0.05, 0.1) is 0 Å². The van der Waals surface area contributed by atoms with Crippen molar-refractivity contribution >= 4 is 17.9 Å². The molecule has 1 fully saturated rings. The summed E-state index contributed by atoms with van der Waals surface area (Å²) in [6.07, 6.45) is 4.93. The second kappa shape index (κ2) is 9.17. The van der Waals surface area contributed by atoms with Crippen molar-refractivity contribution in [3.05, 3.63) is 77.4 Å². The lowest BCUT2D eigenvalue weighted by atomic mass is 9.95. The number of rotatable bonds is 5. The van der Waals surface area contributed by atoms with Gasteiger partial charge in [0.2, 0.25) is 11.8 Å². The summed E-state index contributed by atoms with van der Waals surface area (Å²) in [6.45, 7) is 3.84. The molecule has 0 saturated carbocycles. The molecule has 1 N–H and O–H groups in total. The lowest BCUT2D eigenvalue weighted by molar-refractivity contribution is -0.132. The zero-order valence-corrected chi connectivity index (χ0v) is 15.7. The Kier molecular flexibility index (Phi) is 6.42. The number of benzene rings is 2. The summed E-state index contributed by atoms with van der Waals surface area (Å²) in [5.41, 5.74) is 3.30. The fourth-order valence-corrected chi connectivity index (χ4v) is 3.33. The Labute approximate surface area is 160 Å². The molecule has 0 spiro atoms. The van der Waals surface area contributed by atoms with Gasteiger partial charge in [-0.1, -0.05) is 54.6 Å². The van der Waals surface area contributed by atoms with Gasteiger partial charge in [0.25, 0.3) is 0 Å². The highest BCUT2D eigenvalue weighted by Crippen LogP contribution is 2.18. The molecule has 4 nitrogen and oxygen atoms in total. The van der Waals surface area contributed by atoms with Crippen molar-refractivity contribution in [2.24, 2.45) is 5.92 Å². The Morgan fingerprint density at radius 3 is 2.41 bits per heavy atom. The van der Waals surface area contributed by atoms with E-state index in [1.165, 1.54) is 0 Å². The molecule has 2 aromatic rings. The molecule has 0 aromatic heterocycles. The summed E-state index contributed by atoms with van der Waals surface area (Å²) < 4.78 is 0. The summed E-state index contributed by atoms with van der Waals surface area (Å²) >= 11 is 0. The average Bonchev–Trinajstić information content (AvgIpc) is 2.72. The average molecular weight is 362 g/mol. The van der Waals surface area contributed by atoms with E-state index in [1.807, 2.05) is 72.5 Å². The Bertz CT molecular complexity index is 806. The molecular formula is C23H26N2O2. The predicted octanol–water partition coefficient (Wildman–Crippen LogP) is 3.56. The molecule has 1 saturated heterocycles. The molecule has 27 heavy (non-hydrogen) atoms. The first-order valence-electron chi connectivity index (χ1n) is 9.48. The molecule has 4 heteroatoms. The molecule has 140 valence electrons. The van der Waals surface area contributed by atoms with Crippen molar-refractivity contribution in [1.82, 2.24) is 10.2 Å². The van der Waals surface area contributed by atoms with Crippen LogP contribution in [0.4, 0.5) is 0 Å². The second-order valence-electron chi connectivity index (χ2n) is 6.99. The monoisotopic (exact) mass is 362 g/mol. The molecule has 2 amide bonds. The van der Waals surface area contributed by atoms with E-state index in [0.717, 1.165) is 16.7 Å². The van der Waals surface area contributed by atoms with E-state index in [9.17, 15) is 9.59 Å². The van der Waals surface area contributed by atoms with E-state index in [0.29, 0.717) is 32.5 Å². The Morgan fingerprint density at radius 1 is 1.04 bits per heavy atom. The van der Waals surface area contributed by atoms with E-state index in [4.69, 9.17) is 0 Å². The van der Waals surface area contributed by atoms with Gasteiger partial charge in [-0.05, 0) is 42.5 Å². The number of hydrogen-bond donors (Lipinski definition) is 1. The first-order valence-corrected chi connectivity index (χ1v) is 9.48. The van der Waals surface area contributed by atoms with Crippen LogP contribution in [0.1, 0.15) is 29.5 Å². The predicted molar refractivity (Wildman–Crippen MR) is 108 cm³/mol. The van der Waals surface area contributed by atoms with Crippen molar-refractivity contribution in [2.75, 3.05) is 13.1 Å². The van der Waals surface area contributed by atoms with Gasteiger partial charge in [-0.3, -0.25) is 9.59 Å². The number of amides is 2. The van der Waals surface area contributed by atoms with Crippen molar-refractivity contribution < 1.29 is 9.59 Å².